The monoisotopic (exact) mass is 202 g/mol. The topological polar surface area (TPSA) is 18.5 Å². The molecule has 0 fully saturated rings. The predicted molar refractivity (Wildman–Crippen MR) is 57.9 cm³/mol. The summed E-state index contributed by atoms with van der Waals surface area (Å²) in [6.45, 7) is 12.7. The van der Waals surface area contributed by atoms with Gasteiger partial charge < -0.3 is 7.58 Å². The van der Waals surface area contributed by atoms with E-state index in [9.17, 15) is 0 Å². The van der Waals surface area contributed by atoms with Gasteiger partial charge in [-0.2, -0.15) is 0 Å². The average molecular weight is 202 g/mol. The highest BCUT2D eigenvalue weighted by molar-refractivity contribution is 6.44. The maximum atomic E-state index is 5.96. The van der Waals surface area contributed by atoms with Crippen molar-refractivity contribution in [3.8, 4) is 0 Å². The molecule has 13 heavy (non-hydrogen) atoms. The Morgan fingerprint density at radius 1 is 1.23 bits per heavy atom. The molecule has 0 unspecified atom stereocenters. The molecule has 3 heteroatoms. The van der Waals surface area contributed by atoms with Crippen LogP contribution in [0.15, 0.2) is 0 Å². The van der Waals surface area contributed by atoms with Gasteiger partial charge >= 0.3 is 14.8 Å². The van der Waals surface area contributed by atoms with Gasteiger partial charge in [0.1, 0.15) is 0 Å². The van der Waals surface area contributed by atoms with Crippen molar-refractivity contribution in [2.24, 2.45) is 0 Å². The molecule has 0 aromatic rings. The molecular weight excluding hydrogens is 179 g/mol. The Kier molecular flexibility index (Phi) is 6.24. The lowest BCUT2D eigenvalue weighted by Gasteiger charge is -2.28. The molecule has 0 saturated carbocycles. The summed E-state index contributed by atoms with van der Waals surface area (Å²) >= 11 is -1.41. The molecule has 0 aromatic carbocycles. The molecule has 0 atom stereocenters. The maximum Gasteiger partial charge on any atom is 0.674 e. The minimum absolute atomic E-state index is 0.0121. The van der Waals surface area contributed by atoms with Crippen molar-refractivity contribution in [2.45, 2.75) is 65.0 Å². The van der Waals surface area contributed by atoms with Gasteiger partial charge in [0.25, 0.3) is 0 Å². The smallest absolute Gasteiger partial charge is 0.476 e. The molecule has 0 rings (SSSR count). The van der Waals surface area contributed by atoms with E-state index < -0.39 is 14.8 Å². The second-order valence-electron chi connectivity index (χ2n) is 4.25. The molecule has 78 valence electrons. The largest absolute Gasteiger partial charge is 0.674 e. The zero-order valence-corrected chi connectivity index (χ0v) is 11.0. The Bertz CT molecular complexity index is 135. The summed E-state index contributed by atoms with van der Waals surface area (Å²) in [5.74, 6) is 0. The van der Waals surface area contributed by atoms with Gasteiger partial charge in [0.2, 0.25) is 0 Å². The molecule has 0 saturated heterocycles. The minimum atomic E-state index is -1.41. The summed E-state index contributed by atoms with van der Waals surface area (Å²) in [6.07, 6.45) is 1.34. The summed E-state index contributed by atoms with van der Waals surface area (Å²) < 4.78 is 11.7. The minimum Gasteiger partial charge on any atom is -0.476 e. The summed E-state index contributed by atoms with van der Waals surface area (Å²) in [7, 11) is 0. The van der Waals surface area contributed by atoms with Crippen molar-refractivity contribution in [1.29, 1.82) is 0 Å². The lowest BCUT2D eigenvalue weighted by molar-refractivity contribution is 0.0521. The quantitative estimate of drug-likeness (QED) is 0.616. The standard InChI is InChI=1S/C5H11O.C3H7O.C2H5.Al/c1-4-5(2,3)6;1-3(2)4;1-2;/h4H2,1-3H3;3H,1-2H3;1H2,2H3;/q2*-1;;+2. The van der Waals surface area contributed by atoms with Crippen LogP contribution >= 0.6 is 0 Å². The summed E-state index contributed by atoms with van der Waals surface area (Å²) in [6, 6.07) is 0. The molecule has 0 aliphatic heterocycles. The van der Waals surface area contributed by atoms with Crippen LogP contribution in [0.1, 0.15) is 48.0 Å². The third kappa shape index (κ3) is 6.51. The van der Waals surface area contributed by atoms with Crippen LogP contribution in [0, 0.1) is 0 Å². The second-order valence-corrected chi connectivity index (χ2v) is 6.44. The van der Waals surface area contributed by atoms with Crippen molar-refractivity contribution in [3.63, 3.8) is 0 Å². The molecule has 0 spiro atoms. The lowest BCUT2D eigenvalue weighted by atomic mass is 10.1. The lowest BCUT2D eigenvalue weighted by Crippen LogP contribution is -2.36. The Morgan fingerprint density at radius 3 is 2.08 bits per heavy atom. The molecule has 0 aromatic heterocycles. The van der Waals surface area contributed by atoms with Crippen LogP contribution in [0.25, 0.3) is 0 Å². The van der Waals surface area contributed by atoms with Crippen molar-refractivity contribution >= 4 is 14.8 Å². The fraction of sp³-hybridized carbons (Fsp3) is 1.00. The van der Waals surface area contributed by atoms with E-state index in [-0.39, 0.29) is 5.60 Å². The first kappa shape index (κ1) is 13.5. The second kappa shape index (κ2) is 6.03. The van der Waals surface area contributed by atoms with Crippen LogP contribution < -0.4 is 0 Å². The highest BCUT2D eigenvalue weighted by Crippen LogP contribution is 2.17. The molecule has 0 aliphatic rings. The van der Waals surface area contributed by atoms with Crippen LogP contribution in [0.5, 0.6) is 0 Å². The normalized spacial score (nSPS) is 12.2. The maximum absolute atomic E-state index is 5.96. The fourth-order valence-electron chi connectivity index (χ4n) is 0.950. The molecule has 2 nitrogen and oxygen atoms in total. The summed E-state index contributed by atoms with van der Waals surface area (Å²) in [5, 5.41) is 1.04. The van der Waals surface area contributed by atoms with E-state index in [1.165, 1.54) is 0 Å². The van der Waals surface area contributed by atoms with Gasteiger partial charge in [0.15, 0.2) is 0 Å². The van der Waals surface area contributed by atoms with E-state index in [0.29, 0.717) is 6.10 Å². The van der Waals surface area contributed by atoms with Gasteiger partial charge in [-0.25, -0.2) is 0 Å². The molecule has 0 aliphatic carbocycles. The van der Waals surface area contributed by atoms with Crippen LogP contribution in [0.4, 0.5) is 0 Å². The van der Waals surface area contributed by atoms with Crippen LogP contribution in [0.2, 0.25) is 5.28 Å². The van der Waals surface area contributed by atoms with E-state index in [0.717, 1.165) is 11.7 Å². The van der Waals surface area contributed by atoms with E-state index in [1.807, 2.05) is 0 Å². The Morgan fingerprint density at radius 2 is 1.77 bits per heavy atom. The Hall–Kier alpha value is 0.452. The highest BCUT2D eigenvalue weighted by atomic mass is 27.2. The molecule has 0 radical (unpaired) electrons. The Labute approximate surface area is 87.7 Å². The van der Waals surface area contributed by atoms with Crippen molar-refractivity contribution < 1.29 is 7.58 Å². The molecular formula is C10H23AlO2. The average Bonchev–Trinajstić information content (AvgIpc) is 2.02. The van der Waals surface area contributed by atoms with Crippen LogP contribution in [-0.2, 0) is 7.58 Å². The van der Waals surface area contributed by atoms with Gasteiger partial charge in [0, 0.05) is 11.7 Å². The van der Waals surface area contributed by atoms with Gasteiger partial charge in [0.05, 0.1) is 0 Å². The summed E-state index contributed by atoms with van der Waals surface area (Å²) in [4.78, 5) is 0. The first-order valence-corrected chi connectivity index (χ1v) is 7.00. The van der Waals surface area contributed by atoms with Crippen molar-refractivity contribution in [2.75, 3.05) is 0 Å². The Balaban J connectivity index is 3.97. The zero-order chi connectivity index (χ0) is 10.5. The predicted octanol–water partition coefficient (Wildman–Crippen LogP) is 3.12. The van der Waals surface area contributed by atoms with Gasteiger partial charge in [-0.3, -0.25) is 0 Å². The third-order valence-corrected chi connectivity index (χ3v) is 4.47. The van der Waals surface area contributed by atoms with Crippen LogP contribution in [0.3, 0.4) is 0 Å². The van der Waals surface area contributed by atoms with Gasteiger partial charge in [-0.15, -0.1) is 0 Å². The third-order valence-electron chi connectivity index (χ3n) is 2.06. The van der Waals surface area contributed by atoms with E-state index in [2.05, 4.69) is 41.5 Å². The highest BCUT2D eigenvalue weighted by Gasteiger charge is 2.30. The van der Waals surface area contributed by atoms with Gasteiger partial charge in [-0.05, 0) is 39.4 Å². The zero-order valence-electron chi connectivity index (χ0n) is 9.89. The number of hydrogen-bond acceptors (Lipinski definition) is 2. The molecule has 0 heterocycles. The summed E-state index contributed by atoms with van der Waals surface area (Å²) in [5.41, 5.74) is -0.0121. The van der Waals surface area contributed by atoms with Crippen LogP contribution in [-0.4, -0.2) is 26.5 Å². The molecule has 0 amide bonds. The first-order chi connectivity index (χ1) is 5.91. The fourth-order valence-corrected chi connectivity index (χ4v) is 2.85. The van der Waals surface area contributed by atoms with Crippen molar-refractivity contribution in [3.05, 3.63) is 0 Å². The SMILES string of the molecule is C[CH2][Al]([O]C(C)C)[O]C(C)(C)CC. The number of rotatable bonds is 6. The molecule has 0 N–H and O–H groups in total. The van der Waals surface area contributed by atoms with E-state index >= 15 is 0 Å². The van der Waals surface area contributed by atoms with Crippen molar-refractivity contribution in [1.82, 2.24) is 0 Å². The van der Waals surface area contributed by atoms with Gasteiger partial charge in [-0.1, -0.05) is 13.8 Å². The van der Waals surface area contributed by atoms with E-state index in [1.54, 1.807) is 0 Å². The van der Waals surface area contributed by atoms with E-state index in [4.69, 9.17) is 7.58 Å². The number of hydrogen-bond donors (Lipinski definition) is 0. The molecule has 0 bridgehead atoms. The first-order valence-electron chi connectivity index (χ1n) is 5.24.